The number of anilines is 1. The number of benzene rings is 1. The molecule has 1 aromatic carbocycles. The van der Waals surface area contributed by atoms with Gasteiger partial charge in [0.1, 0.15) is 6.07 Å². The van der Waals surface area contributed by atoms with Crippen molar-refractivity contribution in [3.8, 4) is 11.8 Å². The fraction of sp³-hybridized carbons (Fsp3) is 0.250. The number of carbonyl (C=O) groups is 1. The molecule has 1 saturated carbocycles. The van der Waals surface area contributed by atoms with Crippen molar-refractivity contribution in [3.63, 3.8) is 0 Å². The SMILES string of the molecule is COC(=O)c1c(N)c(C#N)cn1-c1cccc(S(=O)(=O)NC2CC2)c1. The van der Waals surface area contributed by atoms with Gasteiger partial charge in [-0.15, -0.1) is 0 Å². The van der Waals surface area contributed by atoms with E-state index in [4.69, 9.17) is 15.7 Å². The lowest BCUT2D eigenvalue weighted by Gasteiger charge is -2.11. The minimum atomic E-state index is -3.65. The molecule has 3 N–H and O–H groups in total. The number of nitriles is 1. The molecule has 0 aliphatic heterocycles. The summed E-state index contributed by atoms with van der Waals surface area (Å²) < 4.78 is 33.4. The van der Waals surface area contributed by atoms with Gasteiger partial charge in [0, 0.05) is 17.9 Å². The summed E-state index contributed by atoms with van der Waals surface area (Å²) in [4.78, 5) is 12.1. The molecule has 9 heteroatoms. The zero-order valence-corrected chi connectivity index (χ0v) is 14.2. The third-order valence-electron chi connectivity index (χ3n) is 3.85. The molecule has 130 valence electrons. The first-order chi connectivity index (χ1) is 11.9. The lowest BCUT2D eigenvalue weighted by molar-refractivity contribution is 0.0593. The summed E-state index contributed by atoms with van der Waals surface area (Å²) >= 11 is 0. The van der Waals surface area contributed by atoms with E-state index in [9.17, 15) is 13.2 Å². The van der Waals surface area contributed by atoms with Gasteiger partial charge in [-0.1, -0.05) is 6.07 Å². The van der Waals surface area contributed by atoms with Gasteiger partial charge in [-0.3, -0.25) is 0 Å². The number of nitrogens with one attached hydrogen (secondary N) is 1. The third kappa shape index (κ3) is 3.22. The maximum atomic E-state index is 12.4. The number of hydrogen-bond donors (Lipinski definition) is 2. The van der Waals surface area contributed by atoms with Crippen LogP contribution in [0.2, 0.25) is 0 Å². The highest BCUT2D eigenvalue weighted by atomic mass is 32.2. The Hall–Kier alpha value is -2.83. The second-order valence-electron chi connectivity index (χ2n) is 5.67. The van der Waals surface area contributed by atoms with Crippen molar-refractivity contribution >= 4 is 21.7 Å². The van der Waals surface area contributed by atoms with Crippen LogP contribution in [0.25, 0.3) is 5.69 Å². The molecule has 25 heavy (non-hydrogen) atoms. The molecular weight excluding hydrogens is 344 g/mol. The molecule has 1 heterocycles. The lowest BCUT2D eigenvalue weighted by atomic mass is 10.2. The maximum Gasteiger partial charge on any atom is 0.357 e. The first kappa shape index (κ1) is 17.0. The summed E-state index contributed by atoms with van der Waals surface area (Å²) in [6, 6.07) is 7.92. The summed E-state index contributed by atoms with van der Waals surface area (Å²) in [5.41, 5.74) is 6.30. The molecule has 1 fully saturated rings. The number of nitrogens with zero attached hydrogens (tertiary/aromatic N) is 2. The molecular formula is C16H16N4O4S. The van der Waals surface area contributed by atoms with E-state index in [1.165, 1.54) is 30.0 Å². The molecule has 1 aromatic heterocycles. The Bertz CT molecular complexity index is 984. The normalized spacial score (nSPS) is 14.1. The number of sulfonamides is 1. The van der Waals surface area contributed by atoms with Gasteiger partial charge in [-0.2, -0.15) is 5.26 Å². The van der Waals surface area contributed by atoms with Gasteiger partial charge < -0.3 is 15.0 Å². The number of aromatic nitrogens is 1. The van der Waals surface area contributed by atoms with Crippen molar-refractivity contribution in [2.45, 2.75) is 23.8 Å². The van der Waals surface area contributed by atoms with Crippen LogP contribution < -0.4 is 10.5 Å². The van der Waals surface area contributed by atoms with E-state index in [0.717, 1.165) is 12.8 Å². The molecule has 0 unspecified atom stereocenters. The molecule has 0 amide bonds. The molecule has 8 nitrogen and oxygen atoms in total. The van der Waals surface area contributed by atoms with Crippen molar-refractivity contribution in [3.05, 3.63) is 41.7 Å². The van der Waals surface area contributed by atoms with E-state index in [1.54, 1.807) is 12.1 Å². The Kier molecular flexibility index (Phi) is 4.24. The Balaban J connectivity index is 2.10. The quantitative estimate of drug-likeness (QED) is 0.770. The molecule has 1 aliphatic rings. The van der Waals surface area contributed by atoms with E-state index in [1.807, 2.05) is 6.07 Å². The van der Waals surface area contributed by atoms with Crippen LogP contribution in [-0.4, -0.2) is 32.1 Å². The Labute approximate surface area is 144 Å². The minimum absolute atomic E-state index is 0.0151. The summed E-state index contributed by atoms with van der Waals surface area (Å²) in [7, 11) is -2.45. The average Bonchev–Trinajstić information content (AvgIpc) is 3.34. The predicted octanol–water partition coefficient (Wildman–Crippen LogP) is 1.16. The minimum Gasteiger partial charge on any atom is -0.464 e. The molecule has 0 saturated heterocycles. The van der Waals surface area contributed by atoms with Crippen molar-refractivity contribution < 1.29 is 17.9 Å². The molecule has 0 radical (unpaired) electrons. The second kappa shape index (κ2) is 6.23. The van der Waals surface area contributed by atoms with Gasteiger partial charge in [0.2, 0.25) is 10.0 Å². The van der Waals surface area contributed by atoms with E-state index < -0.39 is 16.0 Å². The zero-order chi connectivity index (χ0) is 18.2. The zero-order valence-electron chi connectivity index (χ0n) is 13.4. The van der Waals surface area contributed by atoms with Gasteiger partial charge in [0.25, 0.3) is 0 Å². The highest BCUT2D eigenvalue weighted by molar-refractivity contribution is 7.89. The predicted molar refractivity (Wildman–Crippen MR) is 89.6 cm³/mol. The van der Waals surface area contributed by atoms with Crippen LogP contribution >= 0.6 is 0 Å². The molecule has 2 aromatic rings. The maximum absolute atomic E-state index is 12.4. The first-order valence-corrected chi connectivity index (χ1v) is 8.97. The van der Waals surface area contributed by atoms with Crippen LogP contribution in [0.3, 0.4) is 0 Å². The number of esters is 1. The fourth-order valence-electron chi connectivity index (χ4n) is 2.41. The molecule has 1 aliphatic carbocycles. The molecule has 0 spiro atoms. The summed E-state index contributed by atoms with van der Waals surface area (Å²) in [5, 5.41) is 9.15. The van der Waals surface area contributed by atoms with E-state index >= 15 is 0 Å². The Morgan fingerprint density at radius 1 is 1.44 bits per heavy atom. The second-order valence-corrected chi connectivity index (χ2v) is 7.39. The van der Waals surface area contributed by atoms with Crippen LogP contribution in [0.5, 0.6) is 0 Å². The average molecular weight is 360 g/mol. The van der Waals surface area contributed by atoms with E-state index in [0.29, 0.717) is 5.69 Å². The lowest BCUT2D eigenvalue weighted by Crippen LogP contribution is -2.25. The van der Waals surface area contributed by atoms with Gasteiger partial charge in [0.15, 0.2) is 5.69 Å². The van der Waals surface area contributed by atoms with Crippen LogP contribution in [0.1, 0.15) is 28.9 Å². The van der Waals surface area contributed by atoms with Gasteiger partial charge in [-0.25, -0.2) is 17.9 Å². The standard InChI is InChI=1S/C16H16N4O4S/c1-24-16(21)15-14(18)10(8-17)9-20(15)12-3-2-4-13(7-12)25(22,23)19-11-5-6-11/h2-4,7,9,11,19H,5-6,18H2,1H3. The number of methoxy groups -OCH3 is 1. The number of rotatable bonds is 5. The molecule has 0 bridgehead atoms. The van der Waals surface area contributed by atoms with Crippen LogP contribution in [0.4, 0.5) is 5.69 Å². The van der Waals surface area contributed by atoms with Gasteiger partial charge in [-0.05, 0) is 31.0 Å². The molecule has 0 atom stereocenters. The van der Waals surface area contributed by atoms with Crippen LogP contribution in [-0.2, 0) is 14.8 Å². The fourth-order valence-corrected chi connectivity index (χ4v) is 3.75. The third-order valence-corrected chi connectivity index (χ3v) is 5.37. The van der Waals surface area contributed by atoms with E-state index in [-0.39, 0.29) is 27.9 Å². The summed E-state index contributed by atoms with van der Waals surface area (Å²) in [6.45, 7) is 0. The van der Waals surface area contributed by atoms with Crippen LogP contribution in [0.15, 0.2) is 35.4 Å². The van der Waals surface area contributed by atoms with E-state index in [2.05, 4.69) is 4.72 Å². The van der Waals surface area contributed by atoms with Crippen molar-refractivity contribution in [2.24, 2.45) is 0 Å². The number of nitrogen functional groups attached to an aromatic ring is 1. The number of nitrogens with two attached hydrogens (primary N) is 1. The Morgan fingerprint density at radius 2 is 2.16 bits per heavy atom. The first-order valence-electron chi connectivity index (χ1n) is 7.49. The van der Waals surface area contributed by atoms with Crippen LogP contribution in [0, 0.1) is 11.3 Å². The van der Waals surface area contributed by atoms with Gasteiger partial charge >= 0.3 is 5.97 Å². The number of ether oxygens (including phenoxy) is 1. The largest absolute Gasteiger partial charge is 0.464 e. The number of hydrogen-bond acceptors (Lipinski definition) is 6. The van der Waals surface area contributed by atoms with Gasteiger partial charge in [0.05, 0.1) is 23.3 Å². The number of carbonyl (C=O) groups excluding carboxylic acids is 1. The van der Waals surface area contributed by atoms with Crippen molar-refractivity contribution in [1.29, 1.82) is 5.26 Å². The van der Waals surface area contributed by atoms with Crippen molar-refractivity contribution in [2.75, 3.05) is 12.8 Å². The summed E-state index contributed by atoms with van der Waals surface area (Å²) in [6.07, 6.45) is 3.03. The highest BCUT2D eigenvalue weighted by Crippen LogP contribution is 2.27. The Morgan fingerprint density at radius 3 is 2.76 bits per heavy atom. The smallest absolute Gasteiger partial charge is 0.357 e. The summed E-state index contributed by atoms with van der Waals surface area (Å²) in [5.74, 6) is -0.719. The van der Waals surface area contributed by atoms with Crippen molar-refractivity contribution in [1.82, 2.24) is 9.29 Å². The topological polar surface area (TPSA) is 127 Å². The molecule has 3 rings (SSSR count). The highest BCUT2D eigenvalue weighted by Gasteiger charge is 2.28. The monoisotopic (exact) mass is 360 g/mol.